The van der Waals surface area contributed by atoms with Crippen molar-refractivity contribution in [1.82, 2.24) is 4.90 Å². The molecule has 0 spiro atoms. The molecule has 0 bridgehead atoms. The average Bonchev–Trinajstić information content (AvgIpc) is 2.81. The van der Waals surface area contributed by atoms with Crippen LogP contribution in [0.4, 0.5) is 0 Å². The number of likely N-dealkylation sites (N-methyl/N-ethyl adjacent to an activating group) is 1. The van der Waals surface area contributed by atoms with Crippen LogP contribution < -0.4 is 0 Å². The van der Waals surface area contributed by atoms with E-state index in [1.54, 1.807) is 4.90 Å². The standard InChI is InChI=1S/C15H18N2O2/c1-8-5-9(2)12(10(3)6-8)14-13-11(19-16-14)7-17(4)15(13)18/h5-6,11,13H,7H2,1-4H3. The predicted octanol–water partition coefficient (Wildman–Crippen LogP) is 1.80. The molecule has 2 aliphatic rings. The highest BCUT2D eigenvalue weighted by Crippen LogP contribution is 2.32. The van der Waals surface area contributed by atoms with Crippen molar-refractivity contribution in [3.05, 3.63) is 34.4 Å². The molecule has 2 atom stereocenters. The lowest BCUT2D eigenvalue weighted by Gasteiger charge is -2.14. The van der Waals surface area contributed by atoms with Gasteiger partial charge in [0.15, 0.2) is 6.10 Å². The maximum Gasteiger partial charge on any atom is 0.235 e. The molecular weight excluding hydrogens is 240 g/mol. The first-order chi connectivity index (χ1) is 8.99. The van der Waals surface area contributed by atoms with Gasteiger partial charge >= 0.3 is 0 Å². The number of likely N-dealkylation sites (tertiary alicyclic amines) is 1. The number of hydrogen-bond donors (Lipinski definition) is 0. The molecule has 3 rings (SSSR count). The zero-order chi connectivity index (χ0) is 13.7. The Hall–Kier alpha value is -1.84. The van der Waals surface area contributed by atoms with Crippen LogP contribution in [0.5, 0.6) is 0 Å². The number of oxime groups is 1. The van der Waals surface area contributed by atoms with Crippen LogP contribution >= 0.6 is 0 Å². The lowest BCUT2D eigenvalue weighted by atomic mass is 9.88. The summed E-state index contributed by atoms with van der Waals surface area (Å²) in [5.74, 6) is -0.120. The molecule has 0 aromatic heterocycles. The van der Waals surface area contributed by atoms with Crippen LogP contribution in [-0.2, 0) is 9.63 Å². The fraction of sp³-hybridized carbons (Fsp3) is 0.467. The number of carbonyl (C=O) groups excluding carboxylic acids is 1. The molecule has 0 saturated carbocycles. The van der Waals surface area contributed by atoms with Gasteiger partial charge in [-0.15, -0.1) is 0 Å². The highest BCUT2D eigenvalue weighted by Gasteiger charge is 2.48. The van der Waals surface area contributed by atoms with Crippen molar-refractivity contribution in [3.8, 4) is 0 Å². The van der Waals surface area contributed by atoms with Gasteiger partial charge in [-0.25, -0.2) is 0 Å². The molecule has 1 fully saturated rings. The first kappa shape index (κ1) is 12.2. The number of carbonyl (C=O) groups is 1. The van der Waals surface area contributed by atoms with Gasteiger partial charge < -0.3 is 9.74 Å². The Morgan fingerprint density at radius 3 is 2.53 bits per heavy atom. The van der Waals surface area contributed by atoms with Crippen LogP contribution in [0.1, 0.15) is 22.3 Å². The summed E-state index contributed by atoms with van der Waals surface area (Å²) in [4.78, 5) is 19.4. The van der Waals surface area contributed by atoms with E-state index >= 15 is 0 Å². The molecule has 1 aromatic rings. The van der Waals surface area contributed by atoms with Crippen molar-refractivity contribution >= 4 is 11.6 Å². The predicted molar refractivity (Wildman–Crippen MR) is 73.2 cm³/mol. The van der Waals surface area contributed by atoms with Gasteiger partial charge in [-0.3, -0.25) is 4.79 Å². The monoisotopic (exact) mass is 258 g/mol. The molecule has 2 unspecified atom stereocenters. The number of benzene rings is 1. The maximum atomic E-state index is 12.2. The molecule has 1 aromatic carbocycles. The highest BCUT2D eigenvalue weighted by atomic mass is 16.6. The third-order valence-corrected chi connectivity index (χ3v) is 3.98. The van der Waals surface area contributed by atoms with Gasteiger partial charge in [0.25, 0.3) is 0 Å². The Kier molecular flexibility index (Phi) is 2.62. The van der Waals surface area contributed by atoms with Crippen LogP contribution in [0, 0.1) is 26.7 Å². The Balaban J connectivity index is 2.07. The second-order valence-electron chi connectivity index (χ2n) is 5.59. The van der Waals surface area contributed by atoms with Gasteiger partial charge in [0.05, 0.1) is 6.54 Å². The summed E-state index contributed by atoms with van der Waals surface area (Å²) in [6.45, 7) is 6.83. The Bertz CT molecular complexity index is 569. The molecule has 0 radical (unpaired) electrons. The van der Waals surface area contributed by atoms with Gasteiger partial charge in [-0.05, 0) is 31.9 Å². The first-order valence-electron chi connectivity index (χ1n) is 6.56. The number of aryl methyl sites for hydroxylation is 3. The SMILES string of the molecule is Cc1cc(C)c(C2=NOC3CN(C)C(=O)C23)c(C)c1. The Labute approximate surface area is 113 Å². The van der Waals surface area contributed by atoms with Gasteiger partial charge in [-0.1, -0.05) is 22.9 Å². The molecular formula is C15H18N2O2. The quantitative estimate of drug-likeness (QED) is 0.771. The fourth-order valence-corrected chi connectivity index (χ4v) is 3.22. The van der Waals surface area contributed by atoms with Crippen molar-refractivity contribution in [3.63, 3.8) is 0 Å². The largest absolute Gasteiger partial charge is 0.389 e. The Morgan fingerprint density at radius 1 is 1.26 bits per heavy atom. The topological polar surface area (TPSA) is 41.9 Å². The van der Waals surface area contributed by atoms with Gasteiger partial charge in [0.1, 0.15) is 11.6 Å². The van der Waals surface area contributed by atoms with E-state index in [9.17, 15) is 4.79 Å². The molecule has 1 saturated heterocycles. The molecule has 4 heteroatoms. The molecule has 0 N–H and O–H groups in total. The minimum atomic E-state index is -0.231. The number of nitrogens with zero attached hydrogens (tertiary/aromatic N) is 2. The van der Waals surface area contributed by atoms with Gasteiger partial charge in [-0.2, -0.15) is 0 Å². The molecule has 2 aliphatic heterocycles. The third-order valence-electron chi connectivity index (χ3n) is 3.98. The van der Waals surface area contributed by atoms with Crippen LogP contribution in [0.2, 0.25) is 0 Å². The molecule has 4 nitrogen and oxygen atoms in total. The molecule has 1 amide bonds. The van der Waals surface area contributed by atoms with Gasteiger partial charge in [0.2, 0.25) is 5.91 Å². The van der Waals surface area contributed by atoms with E-state index in [1.165, 1.54) is 5.56 Å². The fourth-order valence-electron chi connectivity index (χ4n) is 3.22. The minimum Gasteiger partial charge on any atom is -0.389 e. The lowest BCUT2D eigenvalue weighted by molar-refractivity contribution is -0.128. The normalized spacial score (nSPS) is 25.4. The average molecular weight is 258 g/mol. The summed E-state index contributed by atoms with van der Waals surface area (Å²) in [6, 6.07) is 4.25. The summed E-state index contributed by atoms with van der Waals surface area (Å²) in [7, 11) is 1.82. The number of rotatable bonds is 1. The lowest BCUT2D eigenvalue weighted by Crippen LogP contribution is -2.28. The second kappa shape index (κ2) is 4.08. The summed E-state index contributed by atoms with van der Waals surface area (Å²) in [5.41, 5.74) is 5.41. The van der Waals surface area contributed by atoms with E-state index < -0.39 is 0 Å². The van der Waals surface area contributed by atoms with E-state index in [0.29, 0.717) is 6.54 Å². The summed E-state index contributed by atoms with van der Waals surface area (Å²) >= 11 is 0. The van der Waals surface area contributed by atoms with Crippen molar-refractivity contribution < 1.29 is 9.63 Å². The number of hydrogen-bond acceptors (Lipinski definition) is 3. The molecule has 100 valence electrons. The maximum absolute atomic E-state index is 12.2. The number of fused-ring (bicyclic) bond motifs is 1. The minimum absolute atomic E-state index is 0.112. The van der Waals surface area contributed by atoms with Crippen LogP contribution in [0.15, 0.2) is 17.3 Å². The summed E-state index contributed by atoms with van der Waals surface area (Å²) in [6.07, 6.45) is -0.118. The zero-order valence-corrected chi connectivity index (χ0v) is 11.7. The van der Waals surface area contributed by atoms with Crippen molar-refractivity contribution in [2.45, 2.75) is 26.9 Å². The van der Waals surface area contributed by atoms with E-state index in [0.717, 1.165) is 22.4 Å². The zero-order valence-electron chi connectivity index (χ0n) is 11.7. The highest BCUT2D eigenvalue weighted by molar-refractivity contribution is 6.16. The van der Waals surface area contributed by atoms with Crippen molar-refractivity contribution in [1.29, 1.82) is 0 Å². The molecule has 2 heterocycles. The summed E-state index contributed by atoms with van der Waals surface area (Å²) < 4.78 is 0. The van der Waals surface area contributed by atoms with Gasteiger partial charge in [0, 0.05) is 12.6 Å². The Morgan fingerprint density at radius 2 is 1.89 bits per heavy atom. The second-order valence-corrected chi connectivity index (χ2v) is 5.59. The van der Waals surface area contributed by atoms with Crippen molar-refractivity contribution in [2.24, 2.45) is 11.1 Å². The first-order valence-corrected chi connectivity index (χ1v) is 6.56. The molecule has 19 heavy (non-hydrogen) atoms. The van der Waals surface area contributed by atoms with Crippen LogP contribution in [0.25, 0.3) is 0 Å². The number of amides is 1. The van der Waals surface area contributed by atoms with Crippen molar-refractivity contribution in [2.75, 3.05) is 13.6 Å². The van der Waals surface area contributed by atoms with E-state index in [2.05, 4.69) is 38.1 Å². The van der Waals surface area contributed by atoms with E-state index in [4.69, 9.17) is 4.84 Å². The van der Waals surface area contributed by atoms with Crippen LogP contribution in [0.3, 0.4) is 0 Å². The smallest absolute Gasteiger partial charge is 0.235 e. The van der Waals surface area contributed by atoms with Crippen LogP contribution in [-0.4, -0.2) is 36.2 Å². The van der Waals surface area contributed by atoms with E-state index in [1.807, 2.05) is 7.05 Å². The molecule has 0 aliphatic carbocycles. The van der Waals surface area contributed by atoms with E-state index in [-0.39, 0.29) is 17.9 Å². The summed E-state index contributed by atoms with van der Waals surface area (Å²) in [5, 5.41) is 4.20. The third kappa shape index (κ3) is 1.74.